The Labute approximate surface area is 146 Å². The number of halogens is 1. The van der Waals surface area contributed by atoms with E-state index in [-0.39, 0.29) is 29.1 Å². The molecule has 0 aliphatic carbocycles. The molecule has 25 heavy (non-hydrogen) atoms. The van der Waals surface area contributed by atoms with Crippen molar-refractivity contribution in [2.75, 3.05) is 45.7 Å². The van der Waals surface area contributed by atoms with Gasteiger partial charge in [-0.05, 0) is 37.1 Å². The molecule has 6 nitrogen and oxygen atoms in total. The van der Waals surface area contributed by atoms with Gasteiger partial charge < -0.3 is 19.9 Å². The molecule has 1 aromatic rings. The van der Waals surface area contributed by atoms with Crippen LogP contribution in [0.3, 0.4) is 0 Å². The number of carbonyl (C=O) groups is 2. The minimum absolute atomic E-state index is 0.0546. The van der Waals surface area contributed by atoms with Crippen LogP contribution in [0.1, 0.15) is 12.8 Å². The molecule has 1 spiro atoms. The Morgan fingerprint density at radius 1 is 1.24 bits per heavy atom. The number of hydrogen-bond acceptors (Lipinski definition) is 3. The highest BCUT2D eigenvalue weighted by molar-refractivity contribution is 5.90. The first-order chi connectivity index (χ1) is 11.9. The van der Waals surface area contributed by atoms with Crippen LogP contribution in [0.4, 0.5) is 14.9 Å². The highest BCUT2D eigenvalue weighted by Gasteiger charge is 2.52. The fourth-order valence-corrected chi connectivity index (χ4v) is 3.80. The van der Waals surface area contributed by atoms with E-state index in [4.69, 9.17) is 4.74 Å². The monoisotopic (exact) mass is 349 g/mol. The van der Waals surface area contributed by atoms with Crippen LogP contribution in [-0.4, -0.2) is 62.1 Å². The summed E-state index contributed by atoms with van der Waals surface area (Å²) in [4.78, 5) is 28.6. The molecule has 2 heterocycles. The zero-order chi connectivity index (χ0) is 18.0. The van der Waals surface area contributed by atoms with Crippen molar-refractivity contribution in [2.45, 2.75) is 12.8 Å². The lowest BCUT2D eigenvalue weighted by molar-refractivity contribution is -0.138. The third-order valence-electron chi connectivity index (χ3n) is 5.26. The topological polar surface area (TPSA) is 61.9 Å². The molecular formula is C18H24FN3O3. The number of rotatable bonds is 2. The summed E-state index contributed by atoms with van der Waals surface area (Å²) < 4.78 is 18.5. The van der Waals surface area contributed by atoms with Crippen molar-refractivity contribution in [3.8, 4) is 0 Å². The number of nitrogens with zero attached hydrogens (tertiary/aromatic N) is 2. The van der Waals surface area contributed by atoms with Crippen LogP contribution in [0.5, 0.6) is 0 Å². The molecule has 0 saturated carbocycles. The van der Waals surface area contributed by atoms with E-state index in [0.717, 1.165) is 12.8 Å². The standard InChI is InChI=1S/C18H24FN3O3/c1-21(2)16(23)15-11-22(12-18(15)7-9-25-10-8-18)17(24)20-14-5-3-13(19)4-6-14/h3-6,15H,7-12H2,1-2H3,(H,20,24). The average molecular weight is 349 g/mol. The summed E-state index contributed by atoms with van der Waals surface area (Å²) in [5, 5.41) is 2.79. The maximum absolute atomic E-state index is 13.0. The predicted molar refractivity (Wildman–Crippen MR) is 91.7 cm³/mol. The van der Waals surface area contributed by atoms with Crippen molar-refractivity contribution < 1.29 is 18.7 Å². The van der Waals surface area contributed by atoms with Crippen LogP contribution in [0.2, 0.25) is 0 Å². The van der Waals surface area contributed by atoms with Crippen LogP contribution >= 0.6 is 0 Å². The van der Waals surface area contributed by atoms with Gasteiger partial charge in [-0.2, -0.15) is 0 Å². The van der Waals surface area contributed by atoms with E-state index in [1.165, 1.54) is 24.3 Å². The maximum atomic E-state index is 13.0. The van der Waals surface area contributed by atoms with E-state index in [0.29, 0.717) is 32.0 Å². The number of nitrogens with one attached hydrogen (secondary N) is 1. The number of carbonyl (C=O) groups excluding carboxylic acids is 2. The Hall–Kier alpha value is -2.15. The molecular weight excluding hydrogens is 325 g/mol. The van der Waals surface area contributed by atoms with Gasteiger partial charge in [0.2, 0.25) is 5.91 Å². The van der Waals surface area contributed by atoms with Crippen molar-refractivity contribution >= 4 is 17.6 Å². The van der Waals surface area contributed by atoms with Crippen LogP contribution < -0.4 is 5.32 Å². The first-order valence-corrected chi connectivity index (χ1v) is 8.52. The molecule has 2 saturated heterocycles. The summed E-state index contributed by atoms with van der Waals surface area (Å²) in [6.07, 6.45) is 1.55. The minimum atomic E-state index is -0.350. The number of anilines is 1. The lowest BCUT2D eigenvalue weighted by Gasteiger charge is -2.37. The SMILES string of the molecule is CN(C)C(=O)C1CN(C(=O)Nc2ccc(F)cc2)CC12CCOCC2. The largest absolute Gasteiger partial charge is 0.381 e. The maximum Gasteiger partial charge on any atom is 0.321 e. The summed E-state index contributed by atoms with van der Waals surface area (Å²) in [5.74, 6) is -0.513. The molecule has 0 radical (unpaired) electrons. The number of likely N-dealkylation sites (tertiary alicyclic amines) is 1. The van der Waals surface area contributed by atoms with Gasteiger partial charge >= 0.3 is 6.03 Å². The van der Waals surface area contributed by atoms with Crippen LogP contribution in [-0.2, 0) is 9.53 Å². The zero-order valence-corrected chi connectivity index (χ0v) is 14.6. The number of ether oxygens (including phenoxy) is 1. The highest BCUT2D eigenvalue weighted by Crippen LogP contribution is 2.45. The van der Waals surface area contributed by atoms with Crippen molar-refractivity contribution in [2.24, 2.45) is 11.3 Å². The van der Waals surface area contributed by atoms with Crippen molar-refractivity contribution in [1.82, 2.24) is 9.80 Å². The molecule has 1 atom stereocenters. The predicted octanol–water partition coefficient (Wildman–Crippen LogP) is 2.17. The molecule has 7 heteroatoms. The van der Waals surface area contributed by atoms with E-state index < -0.39 is 0 Å². The zero-order valence-electron chi connectivity index (χ0n) is 14.6. The van der Waals surface area contributed by atoms with E-state index >= 15 is 0 Å². The lowest BCUT2D eigenvalue weighted by atomic mass is 9.71. The summed E-state index contributed by atoms with van der Waals surface area (Å²) >= 11 is 0. The normalized spacial score (nSPS) is 22.0. The van der Waals surface area contributed by atoms with Gasteiger partial charge in [-0.25, -0.2) is 9.18 Å². The van der Waals surface area contributed by atoms with Crippen molar-refractivity contribution in [3.05, 3.63) is 30.1 Å². The summed E-state index contributed by atoms with van der Waals surface area (Å²) in [6.45, 7) is 2.16. The van der Waals surface area contributed by atoms with Gasteiger partial charge in [-0.1, -0.05) is 0 Å². The number of hydrogen-bond donors (Lipinski definition) is 1. The van der Waals surface area contributed by atoms with Gasteiger partial charge in [-0.15, -0.1) is 0 Å². The molecule has 3 rings (SSSR count). The minimum Gasteiger partial charge on any atom is -0.381 e. The Morgan fingerprint density at radius 3 is 2.48 bits per heavy atom. The summed E-state index contributed by atoms with van der Waals surface area (Å²) in [7, 11) is 3.49. The van der Waals surface area contributed by atoms with E-state index in [1.807, 2.05) is 0 Å². The molecule has 2 aliphatic heterocycles. The van der Waals surface area contributed by atoms with Crippen molar-refractivity contribution in [3.63, 3.8) is 0 Å². The Morgan fingerprint density at radius 2 is 1.88 bits per heavy atom. The molecule has 1 N–H and O–H groups in total. The molecule has 0 bridgehead atoms. The number of urea groups is 1. The number of amides is 3. The van der Waals surface area contributed by atoms with Gasteiger partial charge in [0.15, 0.2) is 0 Å². The summed E-state index contributed by atoms with van der Waals surface area (Å²) in [6, 6.07) is 5.40. The third kappa shape index (κ3) is 3.61. The van der Waals surface area contributed by atoms with E-state index in [9.17, 15) is 14.0 Å². The average Bonchev–Trinajstić information content (AvgIpc) is 2.95. The first kappa shape index (κ1) is 17.7. The third-order valence-corrected chi connectivity index (χ3v) is 5.26. The van der Waals surface area contributed by atoms with Gasteiger partial charge in [0.05, 0.1) is 5.92 Å². The van der Waals surface area contributed by atoms with Gasteiger partial charge in [0.25, 0.3) is 0 Å². The Kier molecular flexibility index (Phi) is 4.94. The summed E-state index contributed by atoms with van der Waals surface area (Å²) in [5.41, 5.74) is 0.314. The quantitative estimate of drug-likeness (QED) is 0.890. The second kappa shape index (κ2) is 7.00. The van der Waals surface area contributed by atoms with Crippen LogP contribution in [0.25, 0.3) is 0 Å². The van der Waals surface area contributed by atoms with Gasteiger partial charge in [-0.3, -0.25) is 4.79 Å². The fourth-order valence-electron chi connectivity index (χ4n) is 3.80. The molecule has 1 aromatic carbocycles. The Bertz CT molecular complexity index is 641. The van der Waals surface area contributed by atoms with Crippen LogP contribution in [0.15, 0.2) is 24.3 Å². The second-order valence-corrected chi connectivity index (χ2v) is 7.08. The molecule has 1 unspecified atom stereocenters. The fraction of sp³-hybridized carbons (Fsp3) is 0.556. The van der Waals surface area contributed by atoms with Gasteiger partial charge in [0, 0.05) is 51.5 Å². The highest BCUT2D eigenvalue weighted by atomic mass is 19.1. The first-order valence-electron chi connectivity index (χ1n) is 8.52. The molecule has 136 valence electrons. The smallest absolute Gasteiger partial charge is 0.321 e. The molecule has 2 aliphatic rings. The molecule has 2 fully saturated rings. The van der Waals surface area contributed by atoms with E-state index in [2.05, 4.69) is 5.32 Å². The Balaban J connectivity index is 1.75. The molecule has 0 aromatic heterocycles. The van der Waals surface area contributed by atoms with E-state index in [1.54, 1.807) is 23.9 Å². The van der Waals surface area contributed by atoms with Gasteiger partial charge in [0.1, 0.15) is 5.82 Å². The van der Waals surface area contributed by atoms with Crippen LogP contribution in [0, 0.1) is 17.2 Å². The van der Waals surface area contributed by atoms with Crippen molar-refractivity contribution in [1.29, 1.82) is 0 Å². The number of benzene rings is 1. The molecule has 3 amide bonds. The second-order valence-electron chi connectivity index (χ2n) is 7.08. The lowest BCUT2D eigenvalue weighted by Crippen LogP contribution is -2.44.